The van der Waals surface area contributed by atoms with Crippen LogP contribution >= 0.6 is 0 Å². The summed E-state index contributed by atoms with van der Waals surface area (Å²) in [5, 5.41) is 8.84. The van der Waals surface area contributed by atoms with Gasteiger partial charge in [-0.2, -0.15) is 0 Å². The highest BCUT2D eigenvalue weighted by molar-refractivity contribution is 5.93. The van der Waals surface area contributed by atoms with Crippen molar-refractivity contribution in [2.24, 2.45) is 0 Å². The highest BCUT2D eigenvalue weighted by Crippen LogP contribution is 2.35. The molecule has 1 rings (SSSR count). The summed E-state index contributed by atoms with van der Waals surface area (Å²) in [6.07, 6.45) is -2.00. The zero-order valence-electron chi connectivity index (χ0n) is 8.53. The number of halogens is 2. The minimum absolute atomic E-state index is 0.00991. The summed E-state index contributed by atoms with van der Waals surface area (Å²) in [7, 11) is 2.42. The number of alkyl halides is 2. The Labute approximate surface area is 89.6 Å². The first-order valence-electron chi connectivity index (χ1n) is 4.15. The van der Waals surface area contributed by atoms with Gasteiger partial charge in [0.1, 0.15) is 11.3 Å². The Hall–Kier alpha value is -1.92. The van der Waals surface area contributed by atoms with Gasteiger partial charge in [0, 0.05) is 0 Å². The molecular formula is C9H9F2NO4. The highest BCUT2D eigenvalue weighted by Gasteiger charge is 2.27. The fraction of sp³-hybridized carbons (Fsp3) is 0.333. The van der Waals surface area contributed by atoms with Gasteiger partial charge in [-0.15, -0.1) is 0 Å². The van der Waals surface area contributed by atoms with Crippen LogP contribution in [0.3, 0.4) is 0 Å². The van der Waals surface area contributed by atoms with Crippen molar-refractivity contribution in [2.45, 2.75) is 6.43 Å². The highest BCUT2D eigenvalue weighted by atomic mass is 19.3. The van der Waals surface area contributed by atoms with Crippen molar-refractivity contribution in [1.82, 2.24) is 4.98 Å². The second-order valence-electron chi connectivity index (χ2n) is 2.73. The van der Waals surface area contributed by atoms with Gasteiger partial charge in [0.2, 0.25) is 0 Å². The number of hydrogen-bond donors (Lipinski definition) is 1. The third kappa shape index (κ3) is 2.02. The van der Waals surface area contributed by atoms with Gasteiger partial charge in [0.05, 0.1) is 20.4 Å². The van der Waals surface area contributed by atoms with Crippen molar-refractivity contribution in [2.75, 3.05) is 14.2 Å². The van der Waals surface area contributed by atoms with E-state index in [0.717, 1.165) is 6.20 Å². The summed E-state index contributed by atoms with van der Waals surface area (Å²) in [5.41, 5.74) is -1.53. The van der Waals surface area contributed by atoms with Crippen LogP contribution in [0, 0.1) is 0 Å². The molecule has 0 radical (unpaired) electrons. The van der Waals surface area contributed by atoms with Crippen molar-refractivity contribution in [3.05, 3.63) is 17.5 Å². The van der Waals surface area contributed by atoms with Gasteiger partial charge in [-0.1, -0.05) is 0 Å². The van der Waals surface area contributed by atoms with Crippen molar-refractivity contribution >= 4 is 5.97 Å². The van der Waals surface area contributed by atoms with Crippen LogP contribution in [0.15, 0.2) is 6.20 Å². The lowest BCUT2D eigenvalue weighted by Gasteiger charge is -2.12. The van der Waals surface area contributed by atoms with Crippen LogP contribution in [0.5, 0.6) is 11.5 Å². The first-order chi connectivity index (χ1) is 7.52. The van der Waals surface area contributed by atoms with Crippen LogP contribution in [0.1, 0.15) is 22.5 Å². The van der Waals surface area contributed by atoms with Crippen LogP contribution in [0.2, 0.25) is 0 Å². The first-order valence-corrected chi connectivity index (χ1v) is 4.15. The number of aromatic carboxylic acids is 1. The van der Waals surface area contributed by atoms with Gasteiger partial charge in [-0.25, -0.2) is 13.6 Å². The summed E-state index contributed by atoms with van der Waals surface area (Å²) in [6, 6.07) is 0. The molecule has 0 aliphatic carbocycles. The number of rotatable bonds is 4. The van der Waals surface area contributed by atoms with Crippen LogP contribution in [-0.2, 0) is 0 Å². The number of aromatic nitrogens is 1. The lowest BCUT2D eigenvalue weighted by atomic mass is 10.1. The Morgan fingerprint density at radius 2 is 2.06 bits per heavy atom. The van der Waals surface area contributed by atoms with Gasteiger partial charge in [-0.3, -0.25) is 4.98 Å². The molecule has 1 N–H and O–H groups in total. The standard InChI is InChI=1S/C9H9F2NO4/c1-15-4-3-12-6(8(10)11)5(9(13)14)7(4)16-2/h3,8H,1-2H3,(H,13,14). The van der Waals surface area contributed by atoms with Gasteiger partial charge in [0.15, 0.2) is 11.5 Å². The molecule has 0 saturated heterocycles. The maximum atomic E-state index is 12.5. The first kappa shape index (κ1) is 12.2. The third-order valence-corrected chi connectivity index (χ3v) is 1.87. The molecule has 7 heteroatoms. The molecule has 0 bridgehead atoms. The fourth-order valence-electron chi connectivity index (χ4n) is 1.21. The zero-order valence-corrected chi connectivity index (χ0v) is 8.53. The average Bonchev–Trinajstić information content (AvgIpc) is 2.26. The number of carboxylic acid groups (broad SMARTS) is 1. The van der Waals surface area contributed by atoms with E-state index < -0.39 is 23.7 Å². The van der Waals surface area contributed by atoms with Crippen molar-refractivity contribution < 1.29 is 28.2 Å². The molecule has 0 fully saturated rings. The van der Waals surface area contributed by atoms with Crippen LogP contribution < -0.4 is 9.47 Å². The maximum absolute atomic E-state index is 12.5. The van der Waals surface area contributed by atoms with Gasteiger partial charge in [0.25, 0.3) is 6.43 Å². The van der Waals surface area contributed by atoms with Crippen LogP contribution in [0.4, 0.5) is 8.78 Å². The van der Waals surface area contributed by atoms with E-state index in [4.69, 9.17) is 14.6 Å². The van der Waals surface area contributed by atoms with E-state index >= 15 is 0 Å². The van der Waals surface area contributed by atoms with E-state index in [1.807, 2.05) is 0 Å². The molecule has 88 valence electrons. The minimum Gasteiger partial charge on any atom is -0.492 e. The Kier molecular flexibility index (Phi) is 3.60. The number of pyridine rings is 1. The summed E-state index contributed by atoms with van der Waals surface area (Å²) >= 11 is 0. The van der Waals surface area contributed by atoms with Crippen molar-refractivity contribution in [3.63, 3.8) is 0 Å². The average molecular weight is 233 g/mol. The molecule has 0 aliphatic rings. The molecule has 5 nitrogen and oxygen atoms in total. The van der Waals surface area contributed by atoms with Gasteiger partial charge >= 0.3 is 5.97 Å². The number of hydrogen-bond acceptors (Lipinski definition) is 4. The molecule has 0 atom stereocenters. The molecule has 0 spiro atoms. The van der Waals surface area contributed by atoms with E-state index in [0.29, 0.717) is 0 Å². The smallest absolute Gasteiger partial charge is 0.341 e. The van der Waals surface area contributed by atoms with Gasteiger partial charge < -0.3 is 14.6 Å². The number of methoxy groups -OCH3 is 2. The topological polar surface area (TPSA) is 68.7 Å². The maximum Gasteiger partial charge on any atom is 0.341 e. The van der Waals surface area contributed by atoms with Crippen LogP contribution in [0.25, 0.3) is 0 Å². The largest absolute Gasteiger partial charge is 0.492 e. The number of carboxylic acids is 1. The Balaban J connectivity index is 3.50. The van der Waals surface area contributed by atoms with E-state index in [9.17, 15) is 13.6 Å². The van der Waals surface area contributed by atoms with Gasteiger partial charge in [-0.05, 0) is 0 Å². The van der Waals surface area contributed by atoms with E-state index in [1.54, 1.807) is 0 Å². The Bertz CT molecular complexity index is 409. The molecule has 0 aromatic carbocycles. The molecule has 1 aromatic rings. The molecular weight excluding hydrogens is 224 g/mol. The predicted octanol–water partition coefficient (Wildman–Crippen LogP) is 1.73. The summed E-state index contributed by atoms with van der Waals surface area (Å²) in [4.78, 5) is 14.2. The second-order valence-corrected chi connectivity index (χ2v) is 2.73. The lowest BCUT2D eigenvalue weighted by Crippen LogP contribution is -2.09. The normalized spacial score (nSPS) is 10.3. The molecule has 1 heterocycles. The van der Waals surface area contributed by atoms with Crippen molar-refractivity contribution in [1.29, 1.82) is 0 Å². The molecule has 16 heavy (non-hydrogen) atoms. The van der Waals surface area contributed by atoms with E-state index in [1.165, 1.54) is 14.2 Å². The van der Waals surface area contributed by atoms with E-state index in [-0.39, 0.29) is 11.5 Å². The summed E-state index contributed by atoms with van der Waals surface area (Å²) < 4.78 is 34.5. The number of nitrogens with zero attached hydrogens (tertiary/aromatic N) is 1. The molecule has 0 unspecified atom stereocenters. The number of ether oxygens (including phenoxy) is 2. The third-order valence-electron chi connectivity index (χ3n) is 1.87. The SMILES string of the molecule is COc1cnc(C(F)F)c(C(=O)O)c1OC. The molecule has 0 amide bonds. The quantitative estimate of drug-likeness (QED) is 0.857. The zero-order chi connectivity index (χ0) is 12.3. The van der Waals surface area contributed by atoms with E-state index in [2.05, 4.69) is 4.98 Å². The molecule has 0 saturated carbocycles. The summed E-state index contributed by atoms with van der Waals surface area (Å²) in [6.45, 7) is 0. The monoisotopic (exact) mass is 233 g/mol. The van der Waals surface area contributed by atoms with Crippen molar-refractivity contribution in [3.8, 4) is 11.5 Å². The Morgan fingerprint density at radius 1 is 1.44 bits per heavy atom. The Morgan fingerprint density at radius 3 is 2.44 bits per heavy atom. The van der Waals surface area contributed by atoms with Crippen LogP contribution in [-0.4, -0.2) is 30.3 Å². The predicted molar refractivity (Wildman–Crippen MR) is 49.3 cm³/mol. The molecule has 1 aromatic heterocycles. The lowest BCUT2D eigenvalue weighted by molar-refractivity contribution is 0.0676. The second kappa shape index (κ2) is 4.73. The molecule has 0 aliphatic heterocycles. The summed E-state index contributed by atoms with van der Waals surface area (Å²) in [5.74, 6) is -1.82. The fourth-order valence-corrected chi connectivity index (χ4v) is 1.21. The number of carbonyl (C=O) groups is 1. The minimum atomic E-state index is -2.99.